The Hall–Kier alpha value is -2.28. The summed E-state index contributed by atoms with van der Waals surface area (Å²) in [5.74, 6) is -0.321. The molecule has 0 atom stereocenters. The number of likely N-dealkylation sites (N-methyl/N-ethyl adjacent to an activating group) is 1. The van der Waals surface area contributed by atoms with Crippen LogP contribution in [0.2, 0.25) is 0 Å². The lowest BCUT2D eigenvalue weighted by molar-refractivity contribution is 0.270. The van der Waals surface area contributed by atoms with Crippen molar-refractivity contribution in [2.45, 2.75) is 13.8 Å². The van der Waals surface area contributed by atoms with Crippen molar-refractivity contribution < 1.29 is 8.78 Å². The SMILES string of the molecule is CCN1CCN(c2nc(C)cc(Nc3c(F)cccc3F)n2)CC1. The molecule has 1 aromatic heterocycles. The van der Waals surface area contributed by atoms with E-state index in [1.165, 1.54) is 18.2 Å². The maximum absolute atomic E-state index is 13.8. The molecule has 128 valence electrons. The number of hydrogen-bond acceptors (Lipinski definition) is 5. The van der Waals surface area contributed by atoms with Gasteiger partial charge in [-0.2, -0.15) is 4.98 Å². The molecule has 0 amide bonds. The normalized spacial score (nSPS) is 15.6. The molecule has 2 aromatic rings. The van der Waals surface area contributed by atoms with Crippen molar-refractivity contribution in [2.75, 3.05) is 42.9 Å². The summed E-state index contributed by atoms with van der Waals surface area (Å²) < 4.78 is 27.6. The van der Waals surface area contributed by atoms with E-state index in [-0.39, 0.29) is 5.69 Å². The molecule has 1 aliphatic rings. The lowest BCUT2D eigenvalue weighted by Crippen LogP contribution is -2.46. The standard InChI is InChI=1S/C17H21F2N5/c1-3-23-7-9-24(10-8-23)17-20-12(2)11-15(22-17)21-16-13(18)5-4-6-14(16)19/h4-6,11H,3,7-10H2,1-2H3,(H,20,21,22). The zero-order valence-corrected chi connectivity index (χ0v) is 13.9. The molecule has 0 radical (unpaired) electrons. The van der Waals surface area contributed by atoms with Crippen LogP contribution in [0.25, 0.3) is 0 Å². The van der Waals surface area contributed by atoms with Gasteiger partial charge in [-0.25, -0.2) is 13.8 Å². The highest BCUT2D eigenvalue weighted by Gasteiger charge is 2.19. The van der Waals surface area contributed by atoms with E-state index >= 15 is 0 Å². The minimum Gasteiger partial charge on any atom is -0.338 e. The number of anilines is 3. The molecule has 2 heterocycles. The maximum atomic E-state index is 13.8. The van der Waals surface area contributed by atoms with Crippen molar-refractivity contribution in [3.63, 3.8) is 0 Å². The van der Waals surface area contributed by atoms with Gasteiger partial charge in [0.05, 0.1) is 0 Å². The van der Waals surface area contributed by atoms with Gasteiger partial charge >= 0.3 is 0 Å². The molecule has 1 fully saturated rings. The number of aryl methyl sites for hydroxylation is 1. The first-order valence-electron chi connectivity index (χ1n) is 8.11. The zero-order chi connectivity index (χ0) is 17.1. The molecule has 0 bridgehead atoms. The van der Waals surface area contributed by atoms with Gasteiger partial charge in [0.2, 0.25) is 5.95 Å². The number of aromatic nitrogens is 2. The van der Waals surface area contributed by atoms with E-state index in [2.05, 4.69) is 32.0 Å². The minimum absolute atomic E-state index is 0.197. The number of halogens is 2. The van der Waals surface area contributed by atoms with Gasteiger partial charge in [0, 0.05) is 37.9 Å². The lowest BCUT2D eigenvalue weighted by Gasteiger charge is -2.34. The molecule has 0 aliphatic carbocycles. The summed E-state index contributed by atoms with van der Waals surface area (Å²) in [6, 6.07) is 5.44. The van der Waals surface area contributed by atoms with Crippen LogP contribution in [0.15, 0.2) is 24.3 Å². The summed E-state index contributed by atoms with van der Waals surface area (Å²) in [5.41, 5.74) is 0.550. The smallest absolute Gasteiger partial charge is 0.227 e. The van der Waals surface area contributed by atoms with Gasteiger partial charge in [-0.15, -0.1) is 0 Å². The average molecular weight is 333 g/mol. The first-order valence-corrected chi connectivity index (χ1v) is 8.11. The molecule has 0 saturated carbocycles. The lowest BCUT2D eigenvalue weighted by atomic mass is 10.3. The molecular weight excluding hydrogens is 312 g/mol. The average Bonchev–Trinajstić information content (AvgIpc) is 2.58. The molecule has 1 aromatic carbocycles. The number of nitrogens with one attached hydrogen (secondary N) is 1. The number of para-hydroxylation sites is 1. The van der Waals surface area contributed by atoms with Crippen LogP contribution in [0.4, 0.5) is 26.2 Å². The first-order chi connectivity index (χ1) is 11.6. The van der Waals surface area contributed by atoms with E-state index < -0.39 is 11.6 Å². The molecular formula is C17H21F2N5. The monoisotopic (exact) mass is 333 g/mol. The third kappa shape index (κ3) is 3.62. The Morgan fingerprint density at radius 2 is 1.75 bits per heavy atom. The quantitative estimate of drug-likeness (QED) is 0.932. The molecule has 5 nitrogen and oxygen atoms in total. The maximum Gasteiger partial charge on any atom is 0.227 e. The fourth-order valence-electron chi connectivity index (χ4n) is 2.77. The van der Waals surface area contributed by atoms with Crippen molar-refractivity contribution in [3.05, 3.63) is 41.6 Å². The zero-order valence-electron chi connectivity index (χ0n) is 13.9. The van der Waals surface area contributed by atoms with Gasteiger partial charge < -0.3 is 15.1 Å². The molecule has 0 spiro atoms. The predicted octanol–water partition coefficient (Wildman–Crippen LogP) is 2.95. The second-order valence-electron chi connectivity index (χ2n) is 5.84. The Bertz CT molecular complexity index is 694. The summed E-state index contributed by atoms with van der Waals surface area (Å²) in [6.07, 6.45) is 0. The number of hydrogen-bond donors (Lipinski definition) is 1. The van der Waals surface area contributed by atoms with Crippen LogP contribution in [0.5, 0.6) is 0 Å². The van der Waals surface area contributed by atoms with Gasteiger partial charge in [0.1, 0.15) is 23.1 Å². The van der Waals surface area contributed by atoms with E-state index in [0.717, 1.165) is 38.4 Å². The van der Waals surface area contributed by atoms with Crippen LogP contribution in [-0.2, 0) is 0 Å². The molecule has 1 aliphatic heterocycles. The summed E-state index contributed by atoms with van der Waals surface area (Å²) in [7, 11) is 0. The van der Waals surface area contributed by atoms with Crippen molar-refractivity contribution in [1.82, 2.24) is 14.9 Å². The van der Waals surface area contributed by atoms with Gasteiger partial charge in [-0.05, 0) is 25.6 Å². The number of rotatable bonds is 4. The van der Waals surface area contributed by atoms with Gasteiger partial charge in [0.15, 0.2) is 0 Å². The van der Waals surface area contributed by atoms with Crippen molar-refractivity contribution in [2.24, 2.45) is 0 Å². The summed E-state index contributed by atoms with van der Waals surface area (Å²) in [6.45, 7) is 8.61. The Morgan fingerprint density at radius 1 is 1.08 bits per heavy atom. The van der Waals surface area contributed by atoms with E-state index in [0.29, 0.717) is 11.8 Å². The Kier molecular flexibility index (Phi) is 4.89. The Morgan fingerprint density at radius 3 is 2.38 bits per heavy atom. The largest absolute Gasteiger partial charge is 0.338 e. The van der Waals surface area contributed by atoms with Crippen molar-refractivity contribution in [3.8, 4) is 0 Å². The Labute approximate surface area is 140 Å². The molecule has 1 N–H and O–H groups in total. The van der Waals surface area contributed by atoms with Gasteiger partial charge in [-0.3, -0.25) is 0 Å². The molecule has 0 unspecified atom stereocenters. The molecule has 24 heavy (non-hydrogen) atoms. The van der Waals surface area contributed by atoms with Crippen LogP contribution < -0.4 is 10.2 Å². The van der Waals surface area contributed by atoms with Crippen LogP contribution in [0.1, 0.15) is 12.6 Å². The van der Waals surface area contributed by atoms with E-state index in [4.69, 9.17) is 0 Å². The van der Waals surface area contributed by atoms with E-state index in [1.54, 1.807) is 6.07 Å². The fraction of sp³-hybridized carbons (Fsp3) is 0.412. The topological polar surface area (TPSA) is 44.3 Å². The predicted molar refractivity (Wildman–Crippen MR) is 90.7 cm³/mol. The van der Waals surface area contributed by atoms with Crippen molar-refractivity contribution in [1.29, 1.82) is 0 Å². The number of benzene rings is 1. The number of nitrogens with zero attached hydrogens (tertiary/aromatic N) is 4. The van der Waals surface area contributed by atoms with E-state index in [9.17, 15) is 8.78 Å². The summed E-state index contributed by atoms with van der Waals surface area (Å²) in [4.78, 5) is 13.4. The second kappa shape index (κ2) is 7.09. The highest BCUT2D eigenvalue weighted by Crippen LogP contribution is 2.24. The Balaban J connectivity index is 1.82. The first kappa shape index (κ1) is 16.6. The molecule has 3 rings (SSSR count). The molecule has 1 saturated heterocycles. The third-order valence-corrected chi connectivity index (χ3v) is 4.16. The highest BCUT2D eigenvalue weighted by molar-refractivity contribution is 5.59. The van der Waals surface area contributed by atoms with Crippen LogP contribution in [0, 0.1) is 18.6 Å². The third-order valence-electron chi connectivity index (χ3n) is 4.16. The summed E-state index contributed by atoms with van der Waals surface area (Å²) >= 11 is 0. The molecule has 7 heteroatoms. The van der Waals surface area contributed by atoms with Gasteiger partial charge in [-0.1, -0.05) is 13.0 Å². The fourth-order valence-corrected chi connectivity index (χ4v) is 2.77. The minimum atomic E-state index is -0.649. The van der Waals surface area contributed by atoms with Crippen LogP contribution in [-0.4, -0.2) is 47.6 Å². The number of piperazine rings is 1. The highest BCUT2D eigenvalue weighted by atomic mass is 19.1. The summed E-state index contributed by atoms with van der Waals surface area (Å²) in [5, 5.41) is 2.74. The second-order valence-corrected chi connectivity index (χ2v) is 5.84. The van der Waals surface area contributed by atoms with E-state index in [1.807, 2.05) is 6.92 Å². The van der Waals surface area contributed by atoms with Crippen molar-refractivity contribution >= 4 is 17.5 Å². The van der Waals surface area contributed by atoms with Crippen LogP contribution >= 0.6 is 0 Å². The van der Waals surface area contributed by atoms with Crippen LogP contribution in [0.3, 0.4) is 0 Å². The van der Waals surface area contributed by atoms with Gasteiger partial charge in [0.25, 0.3) is 0 Å².